The minimum atomic E-state index is -0.0178. The third-order valence-electron chi connectivity index (χ3n) is 6.15. The molecule has 7 heteroatoms. The van der Waals surface area contributed by atoms with Crippen LogP contribution >= 0.6 is 23.1 Å². The van der Waals surface area contributed by atoms with E-state index in [1.807, 2.05) is 42.0 Å². The number of nitrogens with one attached hydrogen (secondary N) is 1. The van der Waals surface area contributed by atoms with Crippen molar-refractivity contribution in [2.45, 2.75) is 58.0 Å². The van der Waals surface area contributed by atoms with Gasteiger partial charge in [-0.25, -0.2) is 0 Å². The number of thiophene rings is 1. The Labute approximate surface area is 192 Å². The van der Waals surface area contributed by atoms with Crippen LogP contribution in [0, 0.1) is 12.8 Å². The van der Waals surface area contributed by atoms with Gasteiger partial charge in [0, 0.05) is 17.6 Å². The number of para-hydroxylation sites is 1. The normalized spacial score (nSPS) is 15.7. The Kier molecular flexibility index (Phi) is 6.82. The van der Waals surface area contributed by atoms with Crippen LogP contribution in [0.15, 0.2) is 29.4 Å². The van der Waals surface area contributed by atoms with Gasteiger partial charge in [-0.1, -0.05) is 50.2 Å². The summed E-state index contributed by atoms with van der Waals surface area (Å²) in [7, 11) is 1.99. The Bertz CT molecular complexity index is 1090. The molecule has 2 aromatic heterocycles. The number of thioether (sulfide) groups is 1. The van der Waals surface area contributed by atoms with Gasteiger partial charge in [-0.05, 0) is 61.3 Å². The van der Waals surface area contributed by atoms with E-state index >= 15 is 0 Å². The molecule has 0 radical (unpaired) electrons. The SMILES string of the molecule is CCc1cccc(C)c1NC(=O)CSc1nnc(-c2cc3c(s2)CCC(CC)C3)n1C. The molecule has 1 aromatic carbocycles. The van der Waals surface area contributed by atoms with Crippen LogP contribution in [0.4, 0.5) is 5.69 Å². The van der Waals surface area contributed by atoms with Crippen molar-refractivity contribution < 1.29 is 4.79 Å². The zero-order valence-corrected chi connectivity index (χ0v) is 20.3. The predicted octanol–water partition coefficient (Wildman–Crippen LogP) is 5.66. The molecule has 0 saturated heterocycles. The fraction of sp³-hybridized carbons (Fsp3) is 0.458. The first kappa shape index (κ1) is 22.1. The number of carbonyl (C=O) groups excluding carboxylic acids is 1. The molecule has 31 heavy (non-hydrogen) atoms. The van der Waals surface area contributed by atoms with Gasteiger partial charge < -0.3 is 9.88 Å². The van der Waals surface area contributed by atoms with Crippen LogP contribution in [-0.2, 0) is 31.1 Å². The molecule has 4 rings (SSSR count). The molecular formula is C24H30N4OS2. The number of benzene rings is 1. The molecule has 1 amide bonds. The molecule has 1 N–H and O–H groups in total. The van der Waals surface area contributed by atoms with Gasteiger partial charge in [-0.15, -0.1) is 21.5 Å². The molecule has 1 atom stereocenters. The van der Waals surface area contributed by atoms with Crippen molar-refractivity contribution in [1.82, 2.24) is 14.8 Å². The summed E-state index contributed by atoms with van der Waals surface area (Å²) in [6, 6.07) is 8.43. The summed E-state index contributed by atoms with van der Waals surface area (Å²) in [4.78, 5) is 15.3. The third-order valence-corrected chi connectivity index (χ3v) is 8.41. The average molecular weight is 455 g/mol. The number of aryl methyl sites for hydroxylation is 3. The lowest BCUT2D eigenvalue weighted by atomic mass is 9.87. The van der Waals surface area contributed by atoms with Gasteiger partial charge in [0.25, 0.3) is 0 Å². The van der Waals surface area contributed by atoms with E-state index < -0.39 is 0 Å². The molecule has 2 heterocycles. The minimum Gasteiger partial charge on any atom is -0.325 e. The monoisotopic (exact) mass is 454 g/mol. The molecule has 1 aliphatic carbocycles. The van der Waals surface area contributed by atoms with E-state index in [-0.39, 0.29) is 5.91 Å². The molecule has 0 aliphatic heterocycles. The maximum absolute atomic E-state index is 12.6. The molecule has 0 spiro atoms. The largest absolute Gasteiger partial charge is 0.325 e. The Morgan fingerprint density at radius 1 is 1.32 bits per heavy atom. The van der Waals surface area contributed by atoms with Crippen LogP contribution in [0.3, 0.4) is 0 Å². The molecular weight excluding hydrogens is 424 g/mol. The maximum atomic E-state index is 12.6. The van der Waals surface area contributed by atoms with Crippen molar-refractivity contribution in [3.05, 3.63) is 45.8 Å². The quantitative estimate of drug-likeness (QED) is 0.468. The summed E-state index contributed by atoms with van der Waals surface area (Å²) in [5, 5.41) is 12.7. The summed E-state index contributed by atoms with van der Waals surface area (Å²) in [5.41, 5.74) is 4.67. The molecule has 0 saturated carbocycles. The summed E-state index contributed by atoms with van der Waals surface area (Å²) < 4.78 is 2.01. The zero-order chi connectivity index (χ0) is 22.0. The van der Waals surface area contributed by atoms with Crippen LogP contribution in [-0.4, -0.2) is 26.4 Å². The first-order chi connectivity index (χ1) is 15.0. The van der Waals surface area contributed by atoms with Crippen LogP contribution in [0.1, 0.15) is 48.3 Å². The number of anilines is 1. The van der Waals surface area contributed by atoms with E-state index in [4.69, 9.17) is 0 Å². The van der Waals surface area contributed by atoms with Crippen LogP contribution in [0.5, 0.6) is 0 Å². The molecule has 164 valence electrons. The molecule has 5 nitrogen and oxygen atoms in total. The van der Waals surface area contributed by atoms with Crippen LogP contribution in [0.25, 0.3) is 10.7 Å². The van der Waals surface area contributed by atoms with Crippen molar-refractivity contribution in [2.24, 2.45) is 13.0 Å². The summed E-state index contributed by atoms with van der Waals surface area (Å²) in [5.74, 6) is 1.99. The highest BCUT2D eigenvalue weighted by Crippen LogP contribution is 2.38. The van der Waals surface area contributed by atoms with Crippen molar-refractivity contribution >= 4 is 34.7 Å². The smallest absolute Gasteiger partial charge is 0.234 e. The Balaban J connectivity index is 1.43. The standard InChI is InChI=1S/C24H30N4OS2/c1-5-16-10-11-19-18(12-16)13-20(31-19)23-26-27-24(28(23)4)30-14-21(29)25-22-15(3)8-7-9-17(22)6-2/h7-9,13,16H,5-6,10-12,14H2,1-4H3,(H,25,29). The number of hydrogen-bond donors (Lipinski definition) is 1. The van der Waals surface area contributed by atoms with Gasteiger partial charge in [0.2, 0.25) is 5.91 Å². The molecule has 0 bridgehead atoms. The van der Waals surface area contributed by atoms with Gasteiger partial charge in [-0.2, -0.15) is 0 Å². The second-order valence-electron chi connectivity index (χ2n) is 8.24. The number of amides is 1. The first-order valence-corrected chi connectivity index (χ1v) is 12.8. The fourth-order valence-electron chi connectivity index (χ4n) is 4.22. The number of carbonyl (C=O) groups is 1. The van der Waals surface area contributed by atoms with Gasteiger partial charge in [0.05, 0.1) is 10.6 Å². The lowest BCUT2D eigenvalue weighted by Gasteiger charge is -2.19. The van der Waals surface area contributed by atoms with Crippen molar-refractivity contribution in [3.8, 4) is 10.7 Å². The highest BCUT2D eigenvalue weighted by Gasteiger charge is 2.22. The van der Waals surface area contributed by atoms with Crippen LogP contribution < -0.4 is 5.32 Å². The van der Waals surface area contributed by atoms with Gasteiger partial charge in [0.1, 0.15) is 0 Å². The molecule has 0 fully saturated rings. The lowest BCUT2D eigenvalue weighted by Crippen LogP contribution is -2.16. The zero-order valence-electron chi connectivity index (χ0n) is 18.7. The maximum Gasteiger partial charge on any atom is 0.234 e. The lowest BCUT2D eigenvalue weighted by molar-refractivity contribution is -0.113. The molecule has 1 aliphatic rings. The molecule has 3 aromatic rings. The minimum absolute atomic E-state index is 0.0178. The van der Waals surface area contributed by atoms with E-state index in [0.717, 1.165) is 40.1 Å². The summed E-state index contributed by atoms with van der Waals surface area (Å²) in [6.45, 7) is 6.42. The second-order valence-corrected chi connectivity index (χ2v) is 10.3. The number of aromatic nitrogens is 3. The van der Waals surface area contributed by atoms with Crippen molar-refractivity contribution in [2.75, 3.05) is 11.1 Å². The predicted molar refractivity (Wildman–Crippen MR) is 130 cm³/mol. The Morgan fingerprint density at radius 3 is 2.94 bits per heavy atom. The van der Waals surface area contributed by atoms with Gasteiger partial charge >= 0.3 is 0 Å². The Hall–Kier alpha value is -2.12. The van der Waals surface area contributed by atoms with E-state index in [9.17, 15) is 4.79 Å². The van der Waals surface area contributed by atoms with Crippen molar-refractivity contribution in [1.29, 1.82) is 0 Å². The number of fused-ring (bicyclic) bond motifs is 1. The van der Waals surface area contributed by atoms with Gasteiger partial charge in [-0.3, -0.25) is 4.79 Å². The van der Waals surface area contributed by atoms with E-state index in [1.165, 1.54) is 52.8 Å². The summed E-state index contributed by atoms with van der Waals surface area (Å²) >= 11 is 3.28. The van der Waals surface area contributed by atoms with Gasteiger partial charge in [0.15, 0.2) is 11.0 Å². The highest BCUT2D eigenvalue weighted by molar-refractivity contribution is 7.99. The molecule has 1 unspecified atom stereocenters. The number of hydrogen-bond acceptors (Lipinski definition) is 5. The number of nitrogens with zero attached hydrogens (tertiary/aromatic N) is 3. The van der Waals surface area contributed by atoms with Crippen LogP contribution in [0.2, 0.25) is 0 Å². The topological polar surface area (TPSA) is 59.8 Å². The summed E-state index contributed by atoms with van der Waals surface area (Å²) in [6.07, 6.45) is 5.79. The third kappa shape index (κ3) is 4.72. The highest BCUT2D eigenvalue weighted by atomic mass is 32.2. The Morgan fingerprint density at radius 2 is 2.16 bits per heavy atom. The fourth-order valence-corrected chi connectivity index (χ4v) is 6.16. The first-order valence-electron chi connectivity index (χ1n) is 11.0. The average Bonchev–Trinajstić information content (AvgIpc) is 3.35. The van der Waals surface area contributed by atoms with E-state index in [1.54, 1.807) is 0 Å². The van der Waals surface area contributed by atoms with Crippen molar-refractivity contribution in [3.63, 3.8) is 0 Å². The number of rotatable bonds is 7. The second kappa shape index (κ2) is 9.57. The van der Waals surface area contributed by atoms with E-state index in [0.29, 0.717) is 5.75 Å². The van der Waals surface area contributed by atoms with E-state index in [2.05, 4.69) is 41.5 Å².